The van der Waals surface area contributed by atoms with E-state index in [9.17, 15) is 0 Å². The van der Waals surface area contributed by atoms with Crippen molar-refractivity contribution in [2.24, 2.45) is 11.8 Å². The molecule has 4 heterocycles. The van der Waals surface area contributed by atoms with Gasteiger partial charge >= 0.3 is 0 Å². The number of pyridine rings is 1. The Kier molecular flexibility index (Phi) is 7.51. The van der Waals surface area contributed by atoms with Crippen LogP contribution in [-0.4, -0.2) is 27.8 Å². The Morgan fingerprint density at radius 1 is 0.900 bits per heavy atom. The summed E-state index contributed by atoms with van der Waals surface area (Å²) in [6, 6.07) is 22.4. The van der Waals surface area contributed by atoms with Gasteiger partial charge in [-0.2, -0.15) is 0 Å². The first-order valence-electron chi connectivity index (χ1n) is 13.8. The molecule has 0 spiro atoms. The number of piperidine rings is 1. The van der Waals surface area contributed by atoms with Crippen LogP contribution in [0.3, 0.4) is 0 Å². The summed E-state index contributed by atoms with van der Waals surface area (Å²) in [4.78, 5) is 9.32. The molecule has 6 rings (SSSR count). The number of hydrogen-bond acceptors (Lipinski definition) is 3. The van der Waals surface area contributed by atoms with Crippen LogP contribution in [0.5, 0.6) is 0 Å². The van der Waals surface area contributed by atoms with E-state index in [1.165, 1.54) is 6.42 Å². The number of nitrogens with zero attached hydrogens (tertiary/aromatic N) is 4. The Morgan fingerprint density at radius 3 is 2.38 bits per heavy atom. The maximum Gasteiger partial charge on any atom is 0.174 e. The van der Waals surface area contributed by atoms with Crippen molar-refractivity contribution >= 4 is 51.9 Å². The second-order valence-corrected chi connectivity index (χ2v) is 12.4. The lowest BCUT2D eigenvalue weighted by Gasteiger charge is -2.37. The standard InChI is InChI=1S/C32H33Cl2N5S/c1-20-15-21(2)19-37(18-20)28-12-10-24(17-26(28)34)39-31(30(36-32(39)40)27-7-4-5-13-35-27)29-8-6-14-38(29)23-9-11-25(33)22(3)16-23/h4-14,16-17,20-21,30-31H,15,18-19H2,1-3H3,(H,36,40)/t20-,21+,30-,31-/m0/s1. The van der Waals surface area contributed by atoms with Crippen LogP contribution in [-0.2, 0) is 0 Å². The first-order valence-corrected chi connectivity index (χ1v) is 15.0. The molecule has 206 valence electrons. The van der Waals surface area contributed by atoms with Crippen molar-refractivity contribution < 1.29 is 0 Å². The molecule has 8 heteroatoms. The molecule has 5 nitrogen and oxygen atoms in total. The van der Waals surface area contributed by atoms with Crippen molar-refractivity contribution in [3.63, 3.8) is 0 Å². The average Bonchev–Trinajstić information content (AvgIpc) is 3.54. The van der Waals surface area contributed by atoms with Gasteiger partial charge in [-0.3, -0.25) is 4.98 Å². The molecule has 0 bridgehead atoms. The van der Waals surface area contributed by atoms with Crippen LogP contribution < -0.4 is 15.1 Å². The third-order valence-corrected chi connectivity index (χ3v) is 9.06. The molecular weight excluding hydrogens is 557 g/mol. The summed E-state index contributed by atoms with van der Waals surface area (Å²) in [6.45, 7) is 8.70. The van der Waals surface area contributed by atoms with Crippen molar-refractivity contribution in [2.45, 2.75) is 39.3 Å². The third-order valence-electron chi connectivity index (χ3n) is 8.02. The molecule has 40 heavy (non-hydrogen) atoms. The summed E-state index contributed by atoms with van der Waals surface area (Å²) in [6.07, 6.45) is 5.17. The fourth-order valence-electron chi connectivity index (χ4n) is 6.34. The molecular formula is C32H33Cl2N5S. The fourth-order valence-corrected chi connectivity index (χ4v) is 7.10. The summed E-state index contributed by atoms with van der Waals surface area (Å²) in [5.74, 6) is 1.28. The van der Waals surface area contributed by atoms with Crippen LogP contribution in [0.1, 0.15) is 49.3 Å². The maximum atomic E-state index is 7.01. The Morgan fingerprint density at radius 2 is 1.68 bits per heavy atom. The molecule has 4 atom stereocenters. The summed E-state index contributed by atoms with van der Waals surface area (Å²) < 4.78 is 2.21. The average molecular weight is 591 g/mol. The van der Waals surface area contributed by atoms with E-state index in [2.05, 4.69) is 76.1 Å². The lowest BCUT2D eigenvalue weighted by atomic mass is 9.91. The highest BCUT2D eigenvalue weighted by Crippen LogP contribution is 2.44. The van der Waals surface area contributed by atoms with Crippen molar-refractivity contribution in [3.05, 3.63) is 106 Å². The van der Waals surface area contributed by atoms with Gasteiger partial charge in [-0.05, 0) is 104 Å². The molecule has 0 saturated carbocycles. The lowest BCUT2D eigenvalue weighted by molar-refractivity contribution is 0.357. The third kappa shape index (κ3) is 5.09. The Bertz CT molecular complexity index is 1530. The van der Waals surface area contributed by atoms with Crippen LogP contribution in [0.25, 0.3) is 5.69 Å². The summed E-state index contributed by atoms with van der Waals surface area (Å²) >= 11 is 19.4. The van der Waals surface area contributed by atoms with Crippen LogP contribution >= 0.6 is 35.4 Å². The highest BCUT2D eigenvalue weighted by molar-refractivity contribution is 7.80. The second kappa shape index (κ2) is 11.1. The van der Waals surface area contributed by atoms with Gasteiger partial charge in [0.25, 0.3) is 0 Å². The highest BCUT2D eigenvalue weighted by Gasteiger charge is 2.42. The predicted octanol–water partition coefficient (Wildman–Crippen LogP) is 8.15. The zero-order valence-corrected chi connectivity index (χ0v) is 25.2. The van der Waals surface area contributed by atoms with Gasteiger partial charge in [-0.1, -0.05) is 43.1 Å². The Labute approximate surface area is 251 Å². The Balaban J connectivity index is 1.43. The second-order valence-electron chi connectivity index (χ2n) is 11.2. The molecule has 0 amide bonds. The molecule has 0 aliphatic carbocycles. The normalized spacial score (nSPS) is 23.0. The van der Waals surface area contributed by atoms with Crippen LogP contribution in [0, 0.1) is 18.8 Å². The van der Waals surface area contributed by atoms with E-state index >= 15 is 0 Å². The zero-order valence-electron chi connectivity index (χ0n) is 22.9. The molecule has 2 saturated heterocycles. The molecule has 2 aliphatic rings. The minimum atomic E-state index is -0.162. The molecule has 2 fully saturated rings. The van der Waals surface area contributed by atoms with Crippen molar-refractivity contribution in [1.29, 1.82) is 0 Å². The van der Waals surface area contributed by atoms with Gasteiger partial charge in [0.2, 0.25) is 0 Å². The van der Waals surface area contributed by atoms with Gasteiger partial charge in [0.1, 0.15) is 6.04 Å². The molecule has 1 N–H and O–H groups in total. The summed E-state index contributed by atoms with van der Waals surface area (Å²) in [7, 11) is 0. The maximum absolute atomic E-state index is 7.01. The smallest absolute Gasteiger partial charge is 0.174 e. The van der Waals surface area contributed by atoms with Gasteiger partial charge in [0, 0.05) is 47.6 Å². The number of halogens is 2. The quantitative estimate of drug-likeness (QED) is 0.238. The zero-order chi connectivity index (χ0) is 28.0. The topological polar surface area (TPSA) is 36.3 Å². The minimum absolute atomic E-state index is 0.155. The number of aromatic nitrogens is 2. The number of aryl methyl sites for hydroxylation is 1. The molecule has 2 aromatic carbocycles. The number of nitrogens with one attached hydrogen (secondary N) is 1. The lowest BCUT2D eigenvalue weighted by Crippen LogP contribution is -2.38. The summed E-state index contributed by atoms with van der Waals surface area (Å²) in [5, 5.41) is 5.71. The van der Waals surface area contributed by atoms with Gasteiger partial charge in [-0.25, -0.2) is 0 Å². The number of rotatable bonds is 5. The van der Waals surface area contributed by atoms with E-state index in [-0.39, 0.29) is 12.1 Å². The molecule has 0 radical (unpaired) electrons. The van der Waals surface area contributed by atoms with Crippen molar-refractivity contribution in [1.82, 2.24) is 14.9 Å². The molecule has 0 unspecified atom stereocenters. The van der Waals surface area contributed by atoms with E-state index in [4.69, 9.17) is 40.4 Å². The predicted molar refractivity (Wildman–Crippen MR) is 170 cm³/mol. The van der Waals surface area contributed by atoms with Crippen LogP contribution in [0.4, 0.5) is 11.4 Å². The fraction of sp³-hybridized carbons (Fsp3) is 0.312. The van der Waals surface area contributed by atoms with Crippen LogP contribution in [0.15, 0.2) is 79.1 Å². The van der Waals surface area contributed by atoms with Gasteiger partial charge in [0.05, 0.1) is 22.4 Å². The minimum Gasteiger partial charge on any atom is -0.370 e. The van der Waals surface area contributed by atoms with Crippen molar-refractivity contribution in [2.75, 3.05) is 22.9 Å². The van der Waals surface area contributed by atoms with E-state index in [0.29, 0.717) is 16.9 Å². The number of anilines is 2. The van der Waals surface area contributed by atoms with Crippen molar-refractivity contribution in [3.8, 4) is 5.69 Å². The molecule has 2 aromatic heterocycles. The number of thiocarbonyl (C=S) groups is 1. The van der Waals surface area contributed by atoms with E-state index in [0.717, 1.165) is 57.1 Å². The number of benzene rings is 2. The van der Waals surface area contributed by atoms with Gasteiger partial charge in [0.15, 0.2) is 5.11 Å². The molecule has 4 aromatic rings. The summed E-state index contributed by atoms with van der Waals surface area (Å²) in [5.41, 5.74) is 6.12. The highest BCUT2D eigenvalue weighted by atomic mass is 35.5. The largest absolute Gasteiger partial charge is 0.370 e. The SMILES string of the molecule is Cc1cc(-n2cccc2[C@H]2[C@H](c3ccccn3)NC(=S)N2c2ccc(N3C[C@H](C)C[C@H](C)C3)c(Cl)c2)ccc1Cl. The van der Waals surface area contributed by atoms with Crippen LogP contribution in [0.2, 0.25) is 10.0 Å². The van der Waals surface area contributed by atoms with Gasteiger partial charge in [-0.15, -0.1) is 0 Å². The first kappa shape index (κ1) is 27.1. The van der Waals surface area contributed by atoms with Gasteiger partial charge < -0.3 is 19.7 Å². The van der Waals surface area contributed by atoms with E-state index < -0.39 is 0 Å². The molecule has 2 aliphatic heterocycles. The first-order chi connectivity index (χ1) is 19.3. The van der Waals surface area contributed by atoms with E-state index in [1.807, 2.05) is 43.5 Å². The number of hydrogen-bond donors (Lipinski definition) is 1. The van der Waals surface area contributed by atoms with E-state index in [1.54, 1.807) is 0 Å². The Hall–Kier alpha value is -3.06. The monoisotopic (exact) mass is 589 g/mol.